The predicted molar refractivity (Wildman–Crippen MR) is 82.4 cm³/mol. The highest BCUT2D eigenvalue weighted by atomic mass is 32.2. The van der Waals surface area contributed by atoms with E-state index >= 15 is 0 Å². The van der Waals surface area contributed by atoms with Crippen LogP contribution >= 0.6 is 11.8 Å². The van der Waals surface area contributed by atoms with Gasteiger partial charge < -0.3 is 14.8 Å². The first-order valence-corrected chi connectivity index (χ1v) is 8.60. The van der Waals surface area contributed by atoms with E-state index in [2.05, 4.69) is 5.32 Å². The van der Waals surface area contributed by atoms with Crippen LogP contribution < -0.4 is 5.32 Å². The van der Waals surface area contributed by atoms with Crippen LogP contribution in [0.2, 0.25) is 0 Å². The van der Waals surface area contributed by atoms with Crippen molar-refractivity contribution in [3.8, 4) is 0 Å². The standard InChI is InChI=1S/C16H20FNO3S/c17-11-1-4-13(5-2-11)22-10-16(19)18-12-3-6-14-15(9-12)21-8-7-20-14/h1-2,4-5,12,14-15H,3,6-10H2,(H,18,19). The summed E-state index contributed by atoms with van der Waals surface area (Å²) in [5, 5.41) is 3.06. The van der Waals surface area contributed by atoms with Crippen molar-refractivity contribution in [3.63, 3.8) is 0 Å². The molecule has 3 rings (SSSR count). The Kier molecular flexibility index (Phi) is 5.33. The van der Waals surface area contributed by atoms with Gasteiger partial charge in [-0.2, -0.15) is 0 Å². The zero-order valence-electron chi connectivity index (χ0n) is 12.3. The maximum absolute atomic E-state index is 12.8. The van der Waals surface area contributed by atoms with Gasteiger partial charge in [-0.3, -0.25) is 4.79 Å². The third-order valence-corrected chi connectivity index (χ3v) is 5.04. The molecule has 1 saturated carbocycles. The molecule has 120 valence electrons. The van der Waals surface area contributed by atoms with Crippen LogP contribution in [-0.4, -0.2) is 43.1 Å². The predicted octanol–water partition coefficient (Wildman–Crippen LogP) is 2.37. The number of hydrogen-bond donors (Lipinski definition) is 1. The number of rotatable bonds is 4. The summed E-state index contributed by atoms with van der Waals surface area (Å²) in [6.07, 6.45) is 2.98. The third kappa shape index (κ3) is 4.21. The average molecular weight is 325 g/mol. The Balaban J connectivity index is 1.42. The number of nitrogens with one attached hydrogen (secondary N) is 1. The minimum atomic E-state index is -0.264. The number of benzene rings is 1. The molecule has 22 heavy (non-hydrogen) atoms. The van der Waals surface area contributed by atoms with E-state index in [9.17, 15) is 9.18 Å². The summed E-state index contributed by atoms with van der Waals surface area (Å²) in [6, 6.07) is 6.34. The zero-order valence-corrected chi connectivity index (χ0v) is 13.1. The van der Waals surface area contributed by atoms with Crippen molar-refractivity contribution < 1.29 is 18.7 Å². The molecule has 1 aromatic rings. The molecule has 1 heterocycles. The lowest BCUT2D eigenvalue weighted by Crippen LogP contribution is -2.49. The fourth-order valence-corrected chi connectivity index (χ4v) is 3.66. The summed E-state index contributed by atoms with van der Waals surface area (Å²) < 4.78 is 24.2. The second-order valence-electron chi connectivity index (χ2n) is 5.64. The van der Waals surface area contributed by atoms with E-state index in [0.29, 0.717) is 19.0 Å². The van der Waals surface area contributed by atoms with E-state index in [1.165, 1.54) is 23.9 Å². The summed E-state index contributed by atoms with van der Waals surface area (Å²) in [6.45, 7) is 1.31. The number of hydrogen-bond acceptors (Lipinski definition) is 4. The van der Waals surface area contributed by atoms with Crippen molar-refractivity contribution >= 4 is 17.7 Å². The molecule has 0 spiro atoms. The van der Waals surface area contributed by atoms with E-state index in [1.807, 2.05) is 0 Å². The molecular weight excluding hydrogens is 305 g/mol. The molecule has 6 heteroatoms. The van der Waals surface area contributed by atoms with Crippen LogP contribution in [0, 0.1) is 5.82 Å². The smallest absolute Gasteiger partial charge is 0.230 e. The maximum Gasteiger partial charge on any atom is 0.230 e. The number of fused-ring (bicyclic) bond motifs is 1. The molecule has 0 radical (unpaired) electrons. The largest absolute Gasteiger partial charge is 0.373 e. The molecule has 2 aliphatic rings. The van der Waals surface area contributed by atoms with E-state index in [4.69, 9.17) is 9.47 Å². The van der Waals surface area contributed by atoms with Crippen LogP contribution in [0.3, 0.4) is 0 Å². The lowest BCUT2D eigenvalue weighted by atomic mass is 9.89. The lowest BCUT2D eigenvalue weighted by Gasteiger charge is -2.39. The Hall–Kier alpha value is -1.11. The van der Waals surface area contributed by atoms with Crippen molar-refractivity contribution in [1.82, 2.24) is 5.32 Å². The third-order valence-electron chi connectivity index (χ3n) is 4.03. The quantitative estimate of drug-likeness (QED) is 0.864. The highest BCUT2D eigenvalue weighted by Gasteiger charge is 2.34. The van der Waals surface area contributed by atoms with E-state index in [0.717, 1.165) is 24.2 Å². The van der Waals surface area contributed by atoms with Crippen LogP contribution in [0.25, 0.3) is 0 Å². The van der Waals surface area contributed by atoms with Gasteiger partial charge in [0.1, 0.15) is 5.82 Å². The van der Waals surface area contributed by atoms with E-state index in [1.54, 1.807) is 12.1 Å². The Morgan fingerprint density at radius 3 is 2.68 bits per heavy atom. The maximum atomic E-state index is 12.8. The Bertz CT molecular complexity index is 511. The second kappa shape index (κ2) is 7.44. The molecule has 0 aromatic heterocycles. The molecule has 1 aliphatic heterocycles. The van der Waals surface area contributed by atoms with Gasteiger partial charge >= 0.3 is 0 Å². The SMILES string of the molecule is O=C(CSc1ccc(F)cc1)NC1CCC2OCCOC2C1. The first-order valence-electron chi connectivity index (χ1n) is 7.61. The first-order chi connectivity index (χ1) is 10.7. The summed E-state index contributed by atoms with van der Waals surface area (Å²) in [7, 11) is 0. The van der Waals surface area contributed by atoms with Gasteiger partial charge in [0.15, 0.2) is 0 Å². The topological polar surface area (TPSA) is 47.6 Å². The van der Waals surface area contributed by atoms with Crippen LogP contribution in [0.1, 0.15) is 19.3 Å². The Morgan fingerprint density at radius 1 is 1.18 bits per heavy atom. The lowest BCUT2D eigenvalue weighted by molar-refractivity contribution is -0.158. The van der Waals surface area contributed by atoms with Crippen LogP contribution in [-0.2, 0) is 14.3 Å². The number of halogens is 1. The molecule has 4 nitrogen and oxygen atoms in total. The van der Waals surface area contributed by atoms with E-state index in [-0.39, 0.29) is 30.0 Å². The average Bonchev–Trinajstić information content (AvgIpc) is 2.54. The fourth-order valence-electron chi connectivity index (χ4n) is 2.95. The van der Waals surface area contributed by atoms with Crippen LogP contribution in [0.5, 0.6) is 0 Å². The molecule has 1 aromatic carbocycles. The van der Waals surface area contributed by atoms with Gasteiger partial charge in [0, 0.05) is 10.9 Å². The normalized spacial score (nSPS) is 28.0. The monoisotopic (exact) mass is 325 g/mol. The van der Waals surface area contributed by atoms with E-state index < -0.39 is 0 Å². The number of carbonyl (C=O) groups is 1. The van der Waals surface area contributed by atoms with Crippen molar-refractivity contribution in [3.05, 3.63) is 30.1 Å². The summed E-state index contributed by atoms with van der Waals surface area (Å²) in [5.74, 6) is 0.0860. The first kappa shape index (κ1) is 15.8. The molecule has 1 N–H and O–H groups in total. The van der Waals surface area contributed by atoms with Crippen LogP contribution in [0.15, 0.2) is 29.2 Å². The molecule has 1 amide bonds. The number of thioether (sulfide) groups is 1. The fraction of sp³-hybridized carbons (Fsp3) is 0.562. The molecule has 3 unspecified atom stereocenters. The van der Waals surface area contributed by atoms with Gasteiger partial charge in [-0.25, -0.2) is 4.39 Å². The van der Waals surface area contributed by atoms with Gasteiger partial charge in [0.2, 0.25) is 5.91 Å². The van der Waals surface area contributed by atoms with Gasteiger partial charge in [-0.15, -0.1) is 11.8 Å². The molecule has 1 saturated heterocycles. The minimum absolute atomic E-state index is 0.00880. The highest BCUT2D eigenvalue weighted by Crippen LogP contribution is 2.27. The summed E-state index contributed by atoms with van der Waals surface area (Å²) in [4.78, 5) is 12.9. The van der Waals surface area contributed by atoms with Gasteiger partial charge in [-0.1, -0.05) is 0 Å². The van der Waals surface area contributed by atoms with Crippen molar-refractivity contribution in [2.75, 3.05) is 19.0 Å². The number of carbonyl (C=O) groups excluding carboxylic acids is 1. The Labute approximate surface area is 133 Å². The number of amides is 1. The summed E-state index contributed by atoms with van der Waals surface area (Å²) >= 11 is 1.41. The van der Waals surface area contributed by atoms with Crippen LogP contribution in [0.4, 0.5) is 4.39 Å². The summed E-state index contributed by atoms with van der Waals surface area (Å²) in [5.41, 5.74) is 0. The molecule has 2 fully saturated rings. The highest BCUT2D eigenvalue weighted by molar-refractivity contribution is 8.00. The van der Waals surface area contributed by atoms with Crippen molar-refractivity contribution in [2.24, 2.45) is 0 Å². The van der Waals surface area contributed by atoms with Gasteiger partial charge in [-0.05, 0) is 43.5 Å². The second-order valence-corrected chi connectivity index (χ2v) is 6.69. The Morgan fingerprint density at radius 2 is 1.91 bits per heavy atom. The molecule has 3 atom stereocenters. The number of ether oxygens (including phenoxy) is 2. The molecule has 0 bridgehead atoms. The molecule has 1 aliphatic carbocycles. The van der Waals surface area contributed by atoms with Gasteiger partial charge in [0.05, 0.1) is 31.2 Å². The minimum Gasteiger partial charge on any atom is -0.373 e. The van der Waals surface area contributed by atoms with Gasteiger partial charge in [0.25, 0.3) is 0 Å². The zero-order chi connectivity index (χ0) is 15.4. The van der Waals surface area contributed by atoms with Crippen molar-refractivity contribution in [1.29, 1.82) is 0 Å². The van der Waals surface area contributed by atoms with Crippen molar-refractivity contribution in [2.45, 2.75) is 42.4 Å². The molecular formula is C16H20FNO3S.